The molecule has 0 bridgehead atoms. The summed E-state index contributed by atoms with van der Waals surface area (Å²) in [4.78, 5) is 31.6. The molecule has 4 rings (SSSR count). The zero-order valence-corrected chi connectivity index (χ0v) is 14.3. The number of hydrogen-bond donors (Lipinski definition) is 0. The van der Waals surface area contributed by atoms with E-state index >= 15 is 0 Å². The van der Waals surface area contributed by atoms with Gasteiger partial charge in [-0.1, -0.05) is 35.0 Å². The van der Waals surface area contributed by atoms with Gasteiger partial charge in [-0.15, -0.1) is 0 Å². The van der Waals surface area contributed by atoms with Crippen molar-refractivity contribution in [2.45, 2.75) is 6.54 Å². The standard InChI is InChI=1S/C18H13ClN4O3/c19-13-8-6-12(7-9-13)17-20-15(26-21-17)10-23-16(24)11-22(18(23)25)14-4-2-1-3-5-14/h1-9H,10-11H2. The van der Waals surface area contributed by atoms with E-state index < -0.39 is 6.03 Å². The predicted molar refractivity (Wildman–Crippen MR) is 94.5 cm³/mol. The highest BCUT2D eigenvalue weighted by atomic mass is 35.5. The van der Waals surface area contributed by atoms with Gasteiger partial charge in [0.1, 0.15) is 13.1 Å². The molecule has 2 aromatic carbocycles. The monoisotopic (exact) mass is 368 g/mol. The second kappa shape index (κ2) is 6.61. The van der Waals surface area contributed by atoms with Gasteiger partial charge in [0, 0.05) is 16.3 Å². The number of nitrogens with zero attached hydrogens (tertiary/aromatic N) is 4. The fourth-order valence-corrected chi connectivity index (χ4v) is 2.80. The molecule has 0 aliphatic carbocycles. The third-order valence-corrected chi connectivity index (χ3v) is 4.24. The fraction of sp³-hybridized carbons (Fsp3) is 0.111. The van der Waals surface area contributed by atoms with Crippen LogP contribution in [0.25, 0.3) is 11.4 Å². The number of benzene rings is 2. The van der Waals surface area contributed by atoms with Crippen LogP contribution in [0.5, 0.6) is 0 Å². The number of halogens is 1. The molecule has 3 amide bonds. The number of amides is 3. The highest BCUT2D eigenvalue weighted by Crippen LogP contribution is 2.23. The normalized spacial score (nSPS) is 14.3. The molecule has 0 unspecified atom stereocenters. The number of anilines is 1. The van der Waals surface area contributed by atoms with E-state index in [4.69, 9.17) is 16.1 Å². The summed E-state index contributed by atoms with van der Waals surface area (Å²) in [5.41, 5.74) is 1.40. The minimum atomic E-state index is -0.410. The van der Waals surface area contributed by atoms with E-state index in [1.54, 1.807) is 36.4 Å². The van der Waals surface area contributed by atoms with Gasteiger partial charge in [-0.2, -0.15) is 4.98 Å². The second-order valence-electron chi connectivity index (χ2n) is 5.70. The molecule has 3 aromatic rings. The second-order valence-corrected chi connectivity index (χ2v) is 6.14. The summed E-state index contributed by atoms with van der Waals surface area (Å²) in [7, 11) is 0. The highest BCUT2D eigenvalue weighted by Gasteiger charge is 2.37. The van der Waals surface area contributed by atoms with Crippen molar-refractivity contribution < 1.29 is 14.1 Å². The first-order chi connectivity index (χ1) is 12.6. The largest absolute Gasteiger partial charge is 0.337 e. The molecule has 1 fully saturated rings. The zero-order chi connectivity index (χ0) is 18.1. The van der Waals surface area contributed by atoms with Crippen LogP contribution in [0.4, 0.5) is 10.5 Å². The number of carbonyl (C=O) groups is 2. The van der Waals surface area contributed by atoms with Crippen molar-refractivity contribution in [2.75, 3.05) is 11.4 Å². The van der Waals surface area contributed by atoms with Crippen molar-refractivity contribution in [3.63, 3.8) is 0 Å². The van der Waals surface area contributed by atoms with E-state index in [0.29, 0.717) is 16.5 Å². The number of para-hydroxylation sites is 1. The minimum Gasteiger partial charge on any atom is -0.337 e. The molecule has 130 valence electrons. The third kappa shape index (κ3) is 3.04. The van der Waals surface area contributed by atoms with Crippen molar-refractivity contribution in [3.05, 3.63) is 65.5 Å². The van der Waals surface area contributed by atoms with E-state index in [0.717, 1.165) is 10.5 Å². The van der Waals surface area contributed by atoms with E-state index in [-0.39, 0.29) is 24.9 Å². The van der Waals surface area contributed by atoms with E-state index in [9.17, 15) is 9.59 Å². The van der Waals surface area contributed by atoms with Crippen molar-refractivity contribution in [2.24, 2.45) is 0 Å². The molecule has 0 spiro atoms. The molecule has 1 aromatic heterocycles. The molecule has 1 aliphatic rings. The van der Waals surface area contributed by atoms with Gasteiger partial charge in [0.2, 0.25) is 11.7 Å². The molecule has 2 heterocycles. The molecule has 26 heavy (non-hydrogen) atoms. The lowest BCUT2D eigenvalue weighted by Gasteiger charge is -2.15. The van der Waals surface area contributed by atoms with Gasteiger partial charge in [0.05, 0.1) is 0 Å². The molecule has 1 aliphatic heterocycles. The molecule has 8 heteroatoms. The van der Waals surface area contributed by atoms with Crippen LogP contribution in [-0.4, -0.2) is 33.5 Å². The lowest BCUT2D eigenvalue weighted by Crippen LogP contribution is -2.32. The van der Waals surface area contributed by atoms with Crippen molar-refractivity contribution in [1.29, 1.82) is 0 Å². The molecular formula is C18H13ClN4O3. The van der Waals surface area contributed by atoms with E-state index in [2.05, 4.69) is 10.1 Å². The summed E-state index contributed by atoms with van der Waals surface area (Å²) in [6.07, 6.45) is 0. The molecule has 1 saturated heterocycles. The Kier molecular flexibility index (Phi) is 4.14. The number of urea groups is 1. The Labute approximate surface area is 153 Å². The average Bonchev–Trinajstić information content (AvgIpc) is 3.23. The smallest absolute Gasteiger partial charge is 0.332 e. The number of carbonyl (C=O) groups excluding carboxylic acids is 2. The first-order valence-electron chi connectivity index (χ1n) is 7.87. The van der Waals surface area contributed by atoms with Gasteiger partial charge in [-0.25, -0.2) is 4.79 Å². The SMILES string of the molecule is O=C1CN(c2ccccc2)C(=O)N1Cc1nc(-c2ccc(Cl)cc2)no1. The number of imide groups is 1. The summed E-state index contributed by atoms with van der Waals surface area (Å²) in [5, 5.41) is 4.50. The molecule has 0 saturated carbocycles. The highest BCUT2D eigenvalue weighted by molar-refractivity contribution is 6.30. The summed E-state index contributed by atoms with van der Waals surface area (Å²) in [6, 6.07) is 15.6. The van der Waals surface area contributed by atoms with Gasteiger partial charge in [-0.3, -0.25) is 14.6 Å². The summed E-state index contributed by atoms with van der Waals surface area (Å²) in [6.45, 7) is -0.0807. The van der Waals surface area contributed by atoms with Crippen molar-refractivity contribution >= 4 is 29.2 Å². The zero-order valence-electron chi connectivity index (χ0n) is 13.5. The summed E-state index contributed by atoms with van der Waals surface area (Å²) < 4.78 is 5.19. The molecule has 0 atom stereocenters. The first-order valence-corrected chi connectivity index (χ1v) is 8.25. The van der Waals surface area contributed by atoms with Crippen molar-refractivity contribution in [1.82, 2.24) is 15.0 Å². The molecular weight excluding hydrogens is 356 g/mol. The lowest BCUT2D eigenvalue weighted by molar-refractivity contribution is -0.125. The molecule has 0 radical (unpaired) electrons. The Morgan fingerprint density at radius 3 is 2.50 bits per heavy atom. The summed E-state index contributed by atoms with van der Waals surface area (Å²) in [5.74, 6) is 0.243. The van der Waals surface area contributed by atoms with Crippen LogP contribution in [0.2, 0.25) is 5.02 Å². The van der Waals surface area contributed by atoms with Crippen LogP contribution in [0.1, 0.15) is 5.89 Å². The Hall–Kier alpha value is -3.19. The number of aromatic nitrogens is 2. The maximum absolute atomic E-state index is 12.6. The van der Waals surface area contributed by atoms with Crippen LogP contribution >= 0.6 is 11.6 Å². The Morgan fingerprint density at radius 1 is 1.04 bits per heavy atom. The van der Waals surface area contributed by atoms with E-state index in [1.165, 1.54) is 4.90 Å². The fourth-order valence-electron chi connectivity index (χ4n) is 2.68. The van der Waals surface area contributed by atoms with Gasteiger partial charge in [0.25, 0.3) is 5.91 Å². The molecule has 0 N–H and O–H groups in total. The van der Waals surface area contributed by atoms with Crippen LogP contribution < -0.4 is 4.90 Å². The Morgan fingerprint density at radius 2 is 1.77 bits per heavy atom. The van der Waals surface area contributed by atoms with Crippen LogP contribution in [0.3, 0.4) is 0 Å². The first kappa shape index (κ1) is 16.3. The number of hydrogen-bond acceptors (Lipinski definition) is 5. The van der Waals surface area contributed by atoms with Gasteiger partial charge < -0.3 is 4.52 Å². The van der Waals surface area contributed by atoms with Crippen LogP contribution in [0.15, 0.2) is 59.1 Å². The van der Waals surface area contributed by atoms with E-state index in [1.807, 2.05) is 18.2 Å². The van der Waals surface area contributed by atoms with Gasteiger partial charge >= 0.3 is 6.03 Å². The minimum absolute atomic E-state index is 0.0129. The van der Waals surface area contributed by atoms with Crippen LogP contribution in [0, 0.1) is 0 Å². The Balaban J connectivity index is 1.52. The van der Waals surface area contributed by atoms with Gasteiger partial charge in [-0.05, 0) is 36.4 Å². The predicted octanol–water partition coefficient (Wildman–Crippen LogP) is 3.36. The summed E-state index contributed by atoms with van der Waals surface area (Å²) >= 11 is 5.86. The molecule has 7 nitrogen and oxygen atoms in total. The Bertz CT molecular complexity index is 956. The maximum atomic E-state index is 12.6. The van der Waals surface area contributed by atoms with Crippen molar-refractivity contribution in [3.8, 4) is 11.4 Å². The number of rotatable bonds is 4. The third-order valence-electron chi connectivity index (χ3n) is 3.99. The topological polar surface area (TPSA) is 79.5 Å². The van der Waals surface area contributed by atoms with Crippen LogP contribution in [-0.2, 0) is 11.3 Å². The van der Waals surface area contributed by atoms with Gasteiger partial charge in [0.15, 0.2) is 0 Å². The quantitative estimate of drug-likeness (QED) is 0.660. The lowest BCUT2D eigenvalue weighted by atomic mass is 10.2. The average molecular weight is 369 g/mol. The maximum Gasteiger partial charge on any atom is 0.332 e.